The molecule has 0 N–H and O–H groups in total. The highest BCUT2D eigenvalue weighted by Crippen LogP contribution is 2.34. The molecule has 0 bridgehead atoms. The number of fused-ring (bicyclic) bond motifs is 1. The second-order valence-electron chi connectivity index (χ2n) is 5.85. The maximum absolute atomic E-state index is 11.5. The summed E-state index contributed by atoms with van der Waals surface area (Å²) in [7, 11) is 0. The summed E-state index contributed by atoms with van der Waals surface area (Å²) < 4.78 is 0. The molecule has 0 radical (unpaired) electrons. The van der Waals surface area contributed by atoms with Gasteiger partial charge in [-0.2, -0.15) is 0 Å². The van der Waals surface area contributed by atoms with E-state index in [0.717, 1.165) is 11.1 Å². The number of benzene rings is 2. The molecular weight excluding hydrogens is 328 g/mol. The molecule has 2 aromatic carbocycles. The van der Waals surface area contributed by atoms with E-state index in [1.165, 1.54) is 6.07 Å². The summed E-state index contributed by atoms with van der Waals surface area (Å²) in [5, 5.41) is 12.2. The van der Waals surface area contributed by atoms with E-state index in [9.17, 15) is 10.1 Å². The van der Waals surface area contributed by atoms with Crippen molar-refractivity contribution in [2.45, 2.75) is 6.92 Å². The normalized spacial score (nSPS) is 10.8. The van der Waals surface area contributed by atoms with E-state index in [4.69, 9.17) is 0 Å². The fourth-order valence-electron chi connectivity index (χ4n) is 2.90. The number of hydrogen-bond donors (Lipinski definition) is 0. The first-order valence-electron chi connectivity index (χ1n) is 8.08. The Bertz CT molecular complexity index is 1140. The zero-order valence-corrected chi connectivity index (χ0v) is 14.0. The molecule has 0 fully saturated rings. The Morgan fingerprint density at radius 1 is 0.846 bits per heavy atom. The molecule has 26 heavy (non-hydrogen) atoms. The van der Waals surface area contributed by atoms with Gasteiger partial charge in [0.05, 0.1) is 21.7 Å². The predicted octanol–water partition coefficient (Wildman–Crippen LogP) is 4.58. The van der Waals surface area contributed by atoms with E-state index in [1.807, 2.05) is 49.4 Å². The number of pyridine rings is 1. The average molecular weight is 342 g/mol. The standard InChI is InChI=1S/C20H14N4O2/c1-13-7-6-11-17(21-13)20-22-16-10-4-2-8-14(16)19(23-20)15-9-3-5-12-18(15)24(25)26/h2-12H,1H3. The van der Waals surface area contributed by atoms with Gasteiger partial charge in [0.25, 0.3) is 5.69 Å². The highest BCUT2D eigenvalue weighted by Gasteiger charge is 2.19. The monoisotopic (exact) mass is 342 g/mol. The minimum Gasteiger partial charge on any atom is -0.258 e. The molecule has 6 heteroatoms. The number of nitro benzene ring substituents is 1. The van der Waals surface area contributed by atoms with Crippen LogP contribution in [0.4, 0.5) is 5.69 Å². The summed E-state index contributed by atoms with van der Waals surface area (Å²) in [4.78, 5) is 24.8. The number of aryl methyl sites for hydroxylation is 1. The zero-order chi connectivity index (χ0) is 18.1. The van der Waals surface area contributed by atoms with Crippen LogP contribution in [0.2, 0.25) is 0 Å². The van der Waals surface area contributed by atoms with Gasteiger partial charge in [0.15, 0.2) is 5.82 Å². The molecule has 126 valence electrons. The van der Waals surface area contributed by atoms with Gasteiger partial charge in [-0.25, -0.2) is 15.0 Å². The van der Waals surface area contributed by atoms with Crippen molar-refractivity contribution in [2.24, 2.45) is 0 Å². The maximum Gasteiger partial charge on any atom is 0.278 e. The molecule has 6 nitrogen and oxygen atoms in total. The molecule has 0 atom stereocenters. The number of rotatable bonds is 3. The van der Waals surface area contributed by atoms with Crippen LogP contribution >= 0.6 is 0 Å². The Morgan fingerprint density at radius 3 is 2.42 bits per heavy atom. The summed E-state index contributed by atoms with van der Waals surface area (Å²) in [5.74, 6) is 0.445. The molecule has 0 saturated heterocycles. The van der Waals surface area contributed by atoms with Gasteiger partial charge < -0.3 is 0 Å². The topological polar surface area (TPSA) is 81.8 Å². The molecule has 0 spiro atoms. The second kappa shape index (κ2) is 6.33. The van der Waals surface area contributed by atoms with Crippen molar-refractivity contribution >= 4 is 16.6 Å². The number of nitro groups is 1. The molecule has 2 aromatic heterocycles. The van der Waals surface area contributed by atoms with Crippen LogP contribution < -0.4 is 0 Å². The number of nitrogens with zero attached hydrogens (tertiary/aromatic N) is 4. The zero-order valence-electron chi connectivity index (χ0n) is 14.0. The highest BCUT2D eigenvalue weighted by atomic mass is 16.6. The molecule has 0 aliphatic heterocycles. The van der Waals surface area contributed by atoms with Crippen molar-refractivity contribution in [1.29, 1.82) is 0 Å². The van der Waals surface area contributed by atoms with Gasteiger partial charge in [-0.3, -0.25) is 10.1 Å². The molecule has 0 amide bonds. The summed E-state index contributed by atoms with van der Waals surface area (Å²) >= 11 is 0. The van der Waals surface area contributed by atoms with Crippen LogP contribution in [0.15, 0.2) is 66.7 Å². The largest absolute Gasteiger partial charge is 0.278 e. The highest BCUT2D eigenvalue weighted by molar-refractivity contribution is 5.95. The molecule has 0 saturated carbocycles. The van der Waals surface area contributed by atoms with Crippen molar-refractivity contribution in [3.63, 3.8) is 0 Å². The fourth-order valence-corrected chi connectivity index (χ4v) is 2.90. The lowest BCUT2D eigenvalue weighted by Crippen LogP contribution is -1.99. The Morgan fingerprint density at radius 2 is 1.62 bits per heavy atom. The minimum atomic E-state index is -0.392. The van der Waals surface area contributed by atoms with Crippen LogP contribution in [0.5, 0.6) is 0 Å². The fraction of sp³-hybridized carbons (Fsp3) is 0.0500. The summed E-state index contributed by atoms with van der Waals surface area (Å²) in [6.07, 6.45) is 0. The number of hydrogen-bond acceptors (Lipinski definition) is 5. The first-order chi connectivity index (χ1) is 12.6. The first kappa shape index (κ1) is 15.8. The van der Waals surface area contributed by atoms with Gasteiger partial charge in [0.2, 0.25) is 0 Å². The third-order valence-electron chi connectivity index (χ3n) is 4.08. The van der Waals surface area contributed by atoms with Gasteiger partial charge in [-0.15, -0.1) is 0 Å². The minimum absolute atomic E-state index is 0.0134. The van der Waals surface area contributed by atoms with Gasteiger partial charge in [0.1, 0.15) is 5.69 Å². The number of para-hydroxylation sites is 2. The van der Waals surface area contributed by atoms with Crippen molar-refractivity contribution in [3.05, 3.63) is 82.5 Å². The quantitative estimate of drug-likeness (QED) is 0.402. The second-order valence-corrected chi connectivity index (χ2v) is 5.85. The van der Waals surface area contributed by atoms with Crippen molar-refractivity contribution in [2.75, 3.05) is 0 Å². The van der Waals surface area contributed by atoms with Gasteiger partial charge in [-0.05, 0) is 31.2 Å². The smallest absolute Gasteiger partial charge is 0.258 e. The molecule has 0 aliphatic carbocycles. The first-order valence-corrected chi connectivity index (χ1v) is 8.08. The lowest BCUT2D eigenvalue weighted by molar-refractivity contribution is -0.384. The SMILES string of the molecule is Cc1cccc(-c2nc(-c3ccccc3[N+](=O)[O-])c3ccccc3n2)n1. The molecule has 4 rings (SSSR count). The lowest BCUT2D eigenvalue weighted by atomic mass is 10.0. The van der Waals surface area contributed by atoms with Crippen LogP contribution in [0, 0.1) is 17.0 Å². The van der Waals surface area contributed by atoms with Gasteiger partial charge >= 0.3 is 0 Å². The third kappa shape index (κ3) is 2.77. The third-order valence-corrected chi connectivity index (χ3v) is 4.08. The van der Waals surface area contributed by atoms with Crippen LogP contribution in [-0.2, 0) is 0 Å². The van der Waals surface area contributed by atoms with E-state index in [1.54, 1.807) is 18.2 Å². The predicted molar refractivity (Wildman–Crippen MR) is 99.6 cm³/mol. The van der Waals surface area contributed by atoms with Gasteiger partial charge in [0, 0.05) is 17.1 Å². The van der Waals surface area contributed by atoms with E-state index < -0.39 is 4.92 Å². The van der Waals surface area contributed by atoms with Crippen LogP contribution in [-0.4, -0.2) is 19.9 Å². The van der Waals surface area contributed by atoms with E-state index in [0.29, 0.717) is 28.3 Å². The average Bonchev–Trinajstić information content (AvgIpc) is 2.67. The van der Waals surface area contributed by atoms with Crippen molar-refractivity contribution in [3.8, 4) is 22.8 Å². The lowest BCUT2D eigenvalue weighted by Gasteiger charge is -2.09. The van der Waals surface area contributed by atoms with E-state index in [2.05, 4.69) is 15.0 Å². The molecule has 0 aliphatic rings. The van der Waals surface area contributed by atoms with Crippen LogP contribution in [0.25, 0.3) is 33.7 Å². The van der Waals surface area contributed by atoms with Crippen LogP contribution in [0.1, 0.15) is 5.69 Å². The summed E-state index contributed by atoms with van der Waals surface area (Å²) in [5.41, 5.74) is 3.21. The van der Waals surface area contributed by atoms with E-state index in [-0.39, 0.29) is 5.69 Å². The maximum atomic E-state index is 11.5. The Labute approximate surface area is 149 Å². The Hall–Kier alpha value is -3.67. The van der Waals surface area contributed by atoms with Crippen LogP contribution in [0.3, 0.4) is 0 Å². The summed E-state index contributed by atoms with van der Waals surface area (Å²) in [6.45, 7) is 1.90. The van der Waals surface area contributed by atoms with E-state index >= 15 is 0 Å². The molecule has 2 heterocycles. The summed E-state index contributed by atoms with van der Waals surface area (Å²) in [6, 6.07) is 19.7. The Balaban J connectivity index is 2.05. The molecule has 4 aromatic rings. The Kier molecular flexibility index (Phi) is 3.85. The molecular formula is C20H14N4O2. The molecule has 0 unspecified atom stereocenters. The van der Waals surface area contributed by atoms with Crippen molar-refractivity contribution < 1.29 is 4.92 Å². The van der Waals surface area contributed by atoms with Gasteiger partial charge in [-0.1, -0.05) is 36.4 Å². The van der Waals surface area contributed by atoms with Crippen molar-refractivity contribution in [1.82, 2.24) is 15.0 Å². The number of aromatic nitrogens is 3.